The van der Waals surface area contributed by atoms with Gasteiger partial charge in [-0.3, -0.25) is 9.69 Å². The number of ether oxygens (including phenoxy) is 1. The quantitative estimate of drug-likeness (QED) is 0.722. The van der Waals surface area contributed by atoms with Crippen molar-refractivity contribution in [3.8, 4) is 0 Å². The Hall–Kier alpha value is -2.44. The van der Waals surface area contributed by atoms with Crippen LogP contribution < -0.4 is 5.56 Å². The maximum atomic E-state index is 12.7. The number of fused-ring (bicyclic) bond motifs is 2. The fourth-order valence-corrected chi connectivity index (χ4v) is 4.04. The Bertz CT molecular complexity index is 1070. The number of nitrogens with zero attached hydrogens (tertiary/aromatic N) is 3. The molecule has 0 atom stereocenters. The highest BCUT2D eigenvalue weighted by Crippen LogP contribution is 2.25. The van der Waals surface area contributed by atoms with E-state index in [1.807, 2.05) is 0 Å². The highest BCUT2D eigenvalue weighted by Gasteiger charge is 2.25. The van der Waals surface area contributed by atoms with Gasteiger partial charge in [0.05, 0.1) is 17.9 Å². The number of benzene rings is 1. The second kappa shape index (κ2) is 7.76. The average Bonchev–Trinajstić information content (AvgIpc) is 3.03. The number of aromatic nitrogens is 3. The molecule has 1 aliphatic rings. The highest BCUT2D eigenvalue weighted by molar-refractivity contribution is 5.83. The maximum Gasteiger partial charge on any atom is 0.255 e. The average molecular weight is 395 g/mol. The van der Waals surface area contributed by atoms with Crippen LogP contribution in [0.2, 0.25) is 0 Å². The van der Waals surface area contributed by atoms with E-state index in [0.29, 0.717) is 13.2 Å². The predicted octanol–water partition coefficient (Wildman–Crippen LogP) is 3.23. The van der Waals surface area contributed by atoms with E-state index in [4.69, 9.17) is 9.72 Å². The molecule has 0 saturated heterocycles. The summed E-state index contributed by atoms with van der Waals surface area (Å²) in [6.07, 6.45) is 3.04. The SMILES string of the molecule is COCCn1cc(CN2CCc3nc(C(C)(C)C)[nH]c(=O)c3C2)c2ccccc21. The van der Waals surface area contributed by atoms with E-state index in [-0.39, 0.29) is 11.0 Å². The number of para-hydroxylation sites is 1. The molecule has 29 heavy (non-hydrogen) atoms. The minimum Gasteiger partial charge on any atom is -0.383 e. The topological polar surface area (TPSA) is 63.1 Å². The van der Waals surface area contributed by atoms with Gasteiger partial charge in [-0.25, -0.2) is 4.98 Å². The predicted molar refractivity (Wildman–Crippen MR) is 115 cm³/mol. The van der Waals surface area contributed by atoms with Gasteiger partial charge in [-0.1, -0.05) is 39.0 Å². The third kappa shape index (κ3) is 4.00. The summed E-state index contributed by atoms with van der Waals surface area (Å²) in [6, 6.07) is 8.49. The zero-order chi connectivity index (χ0) is 20.6. The van der Waals surface area contributed by atoms with Crippen molar-refractivity contribution in [2.45, 2.75) is 52.2 Å². The van der Waals surface area contributed by atoms with Crippen molar-refractivity contribution in [3.63, 3.8) is 0 Å². The van der Waals surface area contributed by atoms with E-state index in [1.54, 1.807) is 7.11 Å². The van der Waals surface area contributed by atoms with Gasteiger partial charge in [-0.15, -0.1) is 0 Å². The molecule has 3 aromatic rings. The molecule has 2 aromatic heterocycles. The van der Waals surface area contributed by atoms with E-state index in [0.717, 1.165) is 43.1 Å². The summed E-state index contributed by atoms with van der Waals surface area (Å²) < 4.78 is 7.52. The van der Waals surface area contributed by atoms with Crippen LogP contribution in [0.3, 0.4) is 0 Å². The number of hydrogen-bond acceptors (Lipinski definition) is 4. The largest absolute Gasteiger partial charge is 0.383 e. The van der Waals surface area contributed by atoms with Crippen LogP contribution in [0.15, 0.2) is 35.3 Å². The molecule has 0 unspecified atom stereocenters. The standard InChI is InChI=1S/C23H30N4O2/c1-23(2,3)22-24-19-9-10-26(15-18(19)21(28)25-22)13-16-14-27(11-12-29-4)20-8-6-5-7-17(16)20/h5-8,14H,9-13,15H2,1-4H3,(H,24,25,28). The molecule has 154 valence electrons. The van der Waals surface area contributed by atoms with Crippen LogP contribution in [0.4, 0.5) is 0 Å². The molecule has 0 spiro atoms. The second-order valence-corrected chi connectivity index (χ2v) is 8.91. The molecular weight excluding hydrogens is 364 g/mol. The Kier molecular flexibility index (Phi) is 5.32. The summed E-state index contributed by atoms with van der Waals surface area (Å²) in [5.41, 5.74) is 4.13. The minimum absolute atomic E-state index is 0.00662. The van der Waals surface area contributed by atoms with Gasteiger partial charge in [-0.05, 0) is 11.6 Å². The fourth-order valence-electron chi connectivity index (χ4n) is 4.04. The van der Waals surface area contributed by atoms with Crippen molar-refractivity contribution in [1.29, 1.82) is 0 Å². The first-order chi connectivity index (χ1) is 13.9. The van der Waals surface area contributed by atoms with Gasteiger partial charge in [0.25, 0.3) is 5.56 Å². The monoisotopic (exact) mass is 394 g/mol. The molecule has 1 aliphatic heterocycles. The number of methoxy groups -OCH3 is 1. The normalized spacial score (nSPS) is 15.0. The molecule has 0 amide bonds. The maximum absolute atomic E-state index is 12.7. The molecule has 0 radical (unpaired) electrons. The molecule has 0 aliphatic carbocycles. The van der Waals surface area contributed by atoms with Gasteiger partial charge in [0, 0.05) is 62.2 Å². The van der Waals surface area contributed by atoms with Crippen LogP contribution in [0.1, 0.15) is 43.4 Å². The lowest BCUT2D eigenvalue weighted by molar-refractivity contribution is 0.188. The molecule has 6 nitrogen and oxygen atoms in total. The molecule has 0 bridgehead atoms. The summed E-state index contributed by atoms with van der Waals surface area (Å²) in [5, 5.41) is 1.27. The van der Waals surface area contributed by atoms with Gasteiger partial charge in [0.1, 0.15) is 5.82 Å². The fraction of sp³-hybridized carbons (Fsp3) is 0.478. The van der Waals surface area contributed by atoms with Crippen LogP contribution >= 0.6 is 0 Å². The van der Waals surface area contributed by atoms with Gasteiger partial charge in [-0.2, -0.15) is 0 Å². The third-order valence-corrected chi connectivity index (χ3v) is 5.66. The third-order valence-electron chi connectivity index (χ3n) is 5.66. The lowest BCUT2D eigenvalue weighted by atomic mass is 9.95. The highest BCUT2D eigenvalue weighted by atomic mass is 16.5. The molecule has 1 aromatic carbocycles. The van der Waals surface area contributed by atoms with Gasteiger partial charge < -0.3 is 14.3 Å². The van der Waals surface area contributed by atoms with Crippen molar-refractivity contribution in [2.75, 3.05) is 20.3 Å². The minimum atomic E-state index is -0.157. The number of hydrogen-bond donors (Lipinski definition) is 1. The number of nitrogens with one attached hydrogen (secondary N) is 1. The molecular formula is C23H30N4O2. The Morgan fingerprint density at radius 1 is 1.24 bits per heavy atom. The Balaban J connectivity index is 1.59. The summed E-state index contributed by atoms with van der Waals surface area (Å²) >= 11 is 0. The molecule has 0 fully saturated rings. The summed E-state index contributed by atoms with van der Waals surface area (Å²) in [4.78, 5) is 22.8. The van der Waals surface area contributed by atoms with E-state index in [9.17, 15) is 4.79 Å². The molecule has 3 heterocycles. The summed E-state index contributed by atoms with van der Waals surface area (Å²) in [5.74, 6) is 0.774. The van der Waals surface area contributed by atoms with Crippen LogP contribution in [0, 0.1) is 0 Å². The van der Waals surface area contributed by atoms with Crippen molar-refractivity contribution < 1.29 is 4.74 Å². The molecule has 6 heteroatoms. The van der Waals surface area contributed by atoms with E-state index in [2.05, 4.69) is 65.7 Å². The van der Waals surface area contributed by atoms with Gasteiger partial charge >= 0.3 is 0 Å². The van der Waals surface area contributed by atoms with Crippen molar-refractivity contribution in [2.24, 2.45) is 0 Å². The van der Waals surface area contributed by atoms with Crippen molar-refractivity contribution in [3.05, 3.63) is 63.5 Å². The van der Waals surface area contributed by atoms with Gasteiger partial charge in [0.2, 0.25) is 0 Å². The Morgan fingerprint density at radius 2 is 2.03 bits per heavy atom. The van der Waals surface area contributed by atoms with E-state index < -0.39 is 0 Å². The van der Waals surface area contributed by atoms with Crippen LogP contribution in [0.5, 0.6) is 0 Å². The first-order valence-electron chi connectivity index (χ1n) is 10.3. The van der Waals surface area contributed by atoms with E-state index in [1.165, 1.54) is 16.5 Å². The van der Waals surface area contributed by atoms with Crippen LogP contribution in [-0.2, 0) is 36.2 Å². The summed E-state index contributed by atoms with van der Waals surface area (Å²) in [6.45, 7) is 10.1. The smallest absolute Gasteiger partial charge is 0.255 e. The summed E-state index contributed by atoms with van der Waals surface area (Å²) in [7, 11) is 1.73. The van der Waals surface area contributed by atoms with Crippen molar-refractivity contribution >= 4 is 10.9 Å². The lowest BCUT2D eigenvalue weighted by Gasteiger charge is -2.28. The van der Waals surface area contributed by atoms with Crippen LogP contribution in [-0.4, -0.2) is 39.7 Å². The number of aromatic amines is 1. The lowest BCUT2D eigenvalue weighted by Crippen LogP contribution is -2.37. The second-order valence-electron chi connectivity index (χ2n) is 8.91. The molecule has 1 N–H and O–H groups in total. The Morgan fingerprint density at radius 3 is 2.79 bits per heavy atom. The number of H-pyrrole nitrogens is 1. The zero-order valence-corrected chi connectivity index (χ0v) is 17.8. The van der Waals surface area contributed by atoms with Crippen LogP contribution in [0.25, 0.3) is 10.9 Å². The van der Waals surface area contributed by atoms with Gasteiger partial charge in [0.15, 0.2) is 0 Å². The first kappa shape index (κ1) is 19.9. The molecule has 0 saturated carbocycles. The molecule has 4 rings (SSSR count). The number of rotatable bonds is 5. The first-order valence-corrected chi connectivity index (χ1v) is 10.3. The zero-order valence-electron chi connectivity index (χ0n) is 17.8. The van der Waals surface area contributed by atoms with Crippen molar-refractivity contribution in [1.82, 2.24) is 19.4 Å². The van der Waals surface area contributed by atoms with E-state index >= 15 is 0 Å². The Labute approximate surface area is 171 Å².